The number of pyridine rings is 1. The van der Waals surface area contributed by atoms with E-state index in [0.29, 0.717) is 24.2 Å². The highest BCUT2D eigenvalue weighted by atomic mass is 16.4. The maximum absolute atomic E-state index is 10.8. The van der Waals surface area contributed by atoms with Crippen LogP contribution in [0.4, 0.5) is 5.82 Å². The van der Waals surface area contributed by atoms with Gasteiger partial charge in [0.05, 0.1) is 11.5 Å². The first-order valence-electron chi connectivity index (χ1n) is 5.55. The van der Waals surface area contributed by atoms with Gasteiger partial charge in [0.2, 0.25) is 0 Å². The largest absolute Gasteiger partial charge is 0.481 e. The third-order valence-corrected chi connectivity index (χ3v) is 3.05. The maximum Gasteiger partial charge on any atom is 0.306 e. The molecule has 0 aromatic carbocycles. The fraction of sp³-hybridized carbons (Fsp3) is 0.417. The topological polar surface area (TPSA) is 86.0 Å². The molecule has 2 N–H and O–H groups in total. The maximum atomic E-state index is 10.8. The minimum atomic E-state index is -0.740. The molecule has 2 atom stereocenters. The van der Waals surface area contributed by atoms with Crippen LogP contribution in [0.2, 0.25) is 0 Å². The summed E-state index contributed by atoms with van der Waals surface area (Å²) >= 11 is 0. The van der Waals surface area contributed by atoms with Gasteiger partial charge in [0, 0.05) is 12.2 Å². The monoisotopic (exact) mass is 231 g/mol. The van der Waals surface area contributed by atoms with E-state index in [2.05, 4.69) is 16.4 Å². The van der Waals surface area contributed by atoms with Crippen molar-refractivity contribution >= 4 is 11.8 Å². The molecular weight excluding hydrogens is 218 g/mol. The summed E-state index contributed by atoms with van der Waals surface area (Å²) in [6.45, 7) is 0. The first-order valence-corrected chi connectivity index (χ1v) is 5.55. The van der Waals surface area contributed by atoms with E-state index in [1.165, 1.54) is 0 Å². The van der Waals surface area contributed by atoms with Crippen LogP contribution >= 0.6 is 0 Å². The fourth-order valence-electron chi connectivity index (χ4n) is 2.14. The molecular formula is C12H13N3O2. The average Bonchev–Trinajstić information content (AvgIpc) is 2.78. The number of nitrogens with zero attached hydrogens (tertiary/aromatic N) is 2. The molecule has 1 aliphatic rings. The Kier molecular flexibility index (Phi) is 3.24. The van der Waals surface area contributed by atoms with Crippen LogP contribution in [0, 0.1) is 17.2 Å². The predicted molar refractivity (Wildman–Crippen MR) is 61.3 cm³/mol. The Morgan fingerprint density at radius 3 is 3.06 bits per heavy atom. The summed E-state index contributed by atoms with van der Waals surface area (Å²) in [6.07, 6.45) is 3.70. The van der Waals surface area contributed by atoms with Gasteiger partial charge in [-0.1, -0.05) is 0 Å². The summed E-state index contributed by atoms with van der Waals surface area (Å²) in [5.41, 5.74) is 0.492. The van der Waals surface area contributed by atoms with Gasteiger partial charge < -0.3 is 10.4 Å². The summed E-state index contributed by atoms with van der Waals surface area (Å²) < 4.78 is 0. The van der Waals surface area contributed by atoms with Crippen molar-refractivity contribution in [3.8, 4) is 6.07 Å². The average molecular weight is 231 g/mol. The molecule has 0 spiro atoms. The number of nitriles is 1. The van der Waals surface area contributed by atoms with Crippen molar-refractivity contribution in [1.29, 1.82) is 5.26 Å². The molecule has 0 unspecified atom stereocenters. The lowest BCUT2D eigenvalue weighted by molar-refractivity contribution is -0.141. The third kappa shape index (κ3) is 2.53. The van der Waals surface area contributed by atoms with E-state index in [1.54, 1.807) is 18.3 Å². The zero-order valence-corrected chi connectivity index (χ0v) is 9.26. The molecule has 1 heterocycles. The van der Waals surface area contributed by atoms with E-state index in [0.717, 1.165) is 6.42 Å². The minimum absolute atomic E-state index is 0.0955. The lowest BCUT2D eigenvalue weighted by Gasteiger charge is -2.13. The lowest BCUT2D eigenvalue weighted by atomic mass is 10.1. The highest BCUT2D eigenvalue weighted by Crippen LogP contribution is 2.28. The zero-order valence-electron chi connectivity index (χ0n) is 9.26. The normalized spacial score (nSPS) is 23.0. The van der Waals surface area contributed by atoms with Gasteiger partial charge in [-0.2, -0.15) is 5.26 Å². The SMILES string of the molecule is N#Cc1cccnc1N[C@H]1CC[C@@H](C(=O)O)C1. The van der Waals surface area contributed by atoms with Gasteiger partial charge in [-0.3, -0.25) is 4.79 Å². The number of aromatic nitrogens is 1. The number of carboxylic acids is 1. The van der Waals surface area contributed by atoms with Crippen molar-refractivity contribution < 1.29 is 9.90 Å². The molecule has 1 aromatic heterocycles. The molecule has 1 saturated carbocycles. The molecule has 0 saturated heterocycles. The number of carboxylic acid groups (broad SMARTS) is 1. The Labute approximate surface area is 99.1 Å². The summed E-state index contributed by atoms with van der Waals surface area (Å²) in [5, 5.41) is 21.0. The van der Waals surface area contributed by atoms with E-state index < -0.39 is 5.97 Å². The van der Waals surface area contributed by atoms with Crippen molar-refractivity contribution in [2.24, 2.45) is 5.92 Å². The van der Waals surface area contributed by atoms with Gasteiger partial charge in [-0.15, -0.1) is 0 Å². The summed E-state index contributed by atoms with van der Waals surface area (Å²) in [4.78, 5) is 14.9. The van der Waals surface area contributed by atoms with E-state index in [9.17, 15) is 4.79 Å². The Bertz CT molecular complexity index is 467. The van der Waals surface area contributed by atoms with Crippen LogP contribution in [0.1, 0.15) is 24.8 Å². The molecule has 0 radical (unpaired) electrons. The number of aliphatic carboxylic acids is 1. The highest BCUT2D eigenvalue weighted by Gasteiger charge is 2.30. The first kappa shape index (κ1) is 11.4. The zero-order chi connectivity index (χ0) is 12.3. The van der Waals surface area contributed by atoms with Gasteiger partial charge in [0.25, 0.3) is 0 Å². The quantitative estimate of drug-likeness (QED) is 0.825. The number of rotatable bonds is 3. The van der Waals surface area contributed by atoms with Crippen LogP contribution in [0.3, 0.4) is 0 Å². The summed E-state index contributed by atoms with van der Waals surface area (Å²) in [7, 11) is 0. The molecule has 0 bridgehead atoms. The van der Waals surface area contributed by atoms with Crippen molar-refractivity contribution in [1.82, 2.24) is 4.98 Å². The molecule has 0 amide bonds. The van der Waals surface area contributed by atoms with E-state index >= 15 is 0 Å². The molecule has 2 rings (SSSR count). The second-order valence-electron chi connectivity index (χ2n) is 4.20. The Morgan fingerprint density at radius 2 is 2.41 bits per heavy atom. The van der Waals surface area contributed by atoms with Gasteiger partial charge in [-0.05, 0) is 31.4 Å². The van der Waals surface area contributed by atoms with Gasteiger partial charge in [-0.25, -0.2) is 4.98 Å². The van der Waals surface area contributed by atoms with Crippen LogP contribution in [0.15, 0.2) is 18.3 Å². The molecule has 5 nitrogen and oxygen atoms in total. The Morgan fingerprint density at radius 1 is 1.59 bits per heavy atom. The molecule has 17 heavy (non-hydrogen) atoms. The van der Waals surface area contributed by atoms with Crippen molar-refractivity contribution in [3.05, 3.63) is 23.9 Å². The van der Waals surface area contributed by atoms with Gasteiger partial charge in [0.1, 0.15) is 11.9 Å². The minimum Gasteiger partial charge on any atom is -0.481 e. The van der Waals surface area contributed by atoms with Gasteiger partial charge in [0.15, 0.2) is 0 Å². The standard InChI is InChI=1S/C12H13N3O2/c13-7-9-2-1-5-14-11(9)15-10-4-3-8(6-10)12(16)17/h1-2,5,8,10H,3-4,6H2,(H,14,15)(H,16,17)/t8-,10+/m1/s1. The number of hydrogen-bond donors (Lipinski definition) is 2. The van der Waals surface area contributed by atoms with Crippen molar-refractivity contribution in [2.75, 3.05) is 5.32 Å². The van der Waals surface area contributed by atoms with E-state index in [1.807, 2.05) is 0 Å². The molecule has 1 aliphatic carbocycles. The first-order chi connectivity index (χ1) is 8.20. The number of hydrogen-bond acceptors (Lipinski definition) is 4. The fourth-order valence-corrected chi connectivity index (χ4v) is 2.14. The van der Waals surface area contributed by atoms with Crippen LogP contribution < -0.4 is 5.32 Å². The molecule has 1 aromatic rings. The predicted octanol–water partition coefficient (Wildman–Crippen LogP) is 1.62. The van der Waals surface area contributed by atoms with Crippen LogP contribution in [0.5, 0.6) is 0 Å². The Balaban J connectivity index is 2.03. The van der Waals surface area contributed by atoms with Crippen LogP contribution in [0.25, 0.3) is 0 Å². The smallest absolute Gasteiger partial charge is 0.306 e. The van der Waals surface area contributed by atoms with E-state index in [4.69, 9.17) is 10.4 Å². The molecule has 0 aliphatic heterocycles. The summed E-state index contributed by atoms with van der Waals surface area (Å²) in [6, 6.07) is 5.56. The lowest BCUT2D eigenvalue weighted by Crippen LogP contribution is -2.19. The second kappa shape index (κ2) is 4.83. The molecule has 5 heteroatoms. The van der Waals surface area contributed by atoms with E-state index in [-0.39, 0.29) is 12.0 Å². The number of carbonyl (C=O) groups is 1. The third-order valence-electron chi connectivity index (χ3n) is 3.05. The van der Waals surface area contributed by atoms with Crippen molar-refractivity contribution in [3.63, 3.8) is 0 Å². The molecule has 88 valence electrons. The van der Waals surface area contributed by atoms with Gasteiger partial charge >= 0.3 is 5.97 Å². The Hall–Kier alpha value is -2.09. The van der Waals surface area contributed by atoms with Crippen molar-refractivity contribution in [2.45, 2.75) is 25.3 Å². The molecule has 1 fully saturated rings. The second-order valence-corrected chi connectivity index (χ2v) is 4.20. The number of anilines is 1. The highest BCUT2D eigenvalue weighted by molar-refractivity contribution is 5.70. The van der Waals surface area contributed by atoms with Crippen LogP contribution in [-0.4, -0.2) is 22.1 Å². The summed E-state index contributed by atoms with van der Waals surface area (Å²) in [5.74, 6) is -0.469. The number of nitrogens with one attached hydrogen (secondary N) is 1. The van der Waals surface area contributed by atoms with Crippen LogP contribution in [-0.2, 0) is 4.79 Å².